The predicted octanol–water partition coefficient (Wildman–Crippen LogP) is 5.68. The topological polar surface area (TPSA) is 83.1 Å². The molecule has 0 saturated heterocycles. The second-order valence-electron chi connectivity index (χ2n) is 9.13. The molecule has 2 aromatic carbocycles. The van der Waals surface area contributed by atoms with E-state index in [1.807, 2.05) is 18.3 Å². The lowest BCUT2D eigenvalue weighted by Crippen LogP contribution is -2.33. The summed E-state index contributed by atoms with van der Waals surface area (Å²) in [6.45, 7) is 1.59. The standard InChI is InChI=1S/C29H26FN3O3S.ClH/c1-37(35,36)25-8-4-21(5-9-25)27(34)19-33-16-12-20(13-17-33)26-18-32-29(23-2-6-24(30)7-3-23)28(26)22-10-14-31-15-11-22;/h2-12,14-15,18,32H,13,16-17,19H2,1H3;1H. The van der Waals surface area contributed by atoms with Gasteiger partial charge in [0.1, 0.15) is 5.82 Å². The molecule has 0 spiro atoms. The highest BCUT2D eigenvalue weighted by Gasteiger charge is 2.22. The number of halogens is 2. The minimum absolute atomic E-state index is 0. The number of hydrogen-bond donors (Lipinski definition) is 1. The first-order valence-electron chi connectivity index (χ1n) is 11.9. The van der Waals surface area contributed by atoms with Gasteiger partial charge in [0.25, 0.3) is 0 Å². The van der Waals surface area contributed by atoms with E-state index in [-0.39, 0.29) is 35.4 Å². The van der Waals surface area contributed by atoms with Crippen molar-refractivity contribution in [1.82, 2.24) is 14.9 Å². The van der Waals surface area contributed by atoms with E-state index in [0.29, 0.717) is 18.7 Å². The first kappa shape index (κ1) is 27.4. The maximum absolute atomic E-state index is 13.5. The Balaban J connectivity index is 0.00000336. The molecule has 0 aliphatic carbocycles. The molecular weight excluding hydrogens is 525 g/mol. The quantitative estimate of drug-likeness (QED) is 0.299. The molecule has 4 aromatic rings. The van der Waals surface area contributed by atoms with E-state index in [4.69, 9.17) is 0 Å². The van der Waals surface area contributed by atoms with E-state index in [1.165, 1.54) is 29.8 Å². The monoisotopic (exact) mass is 551 g/mol. The maximum atomic E-state index is 13.5. The van der Waals surface area contributed by atoms with Crippen LogP contribution in [0.2, 0.25) is 0 Å². The van der Waals surface area contributed by atoms with Crippen molar-refractivity contribution in [3.63, 3.8) is 0 Å². The molecule has 1 N–H and O–H groups in total. The van der Waals surface area contributed by atoms with E-state index < -0.39 is 9.84 Å². The van der Waals surface area contributed by atoms with E-state index in [9.17, 15) is 17.6 Å². The summed E-state index contributed by atoms with van der Waals surface area (Å²) in [5.74, 6) is -0.327. The number of pyridine rings is 1. The molecule has 9 heteroatoms. The average Bonchev–Trinajstić information content (AvgIpc) is 3.35. The van der Waals surface area contributed by atoms with Crippen LogP contribution in [0.15, 0.2) is 90.2 Å². The summed E-state index contributed by atoms with van der Waals surface area (Å²) >= 11 is 0. The third kappa shape index (κ3) is 5.93. The number of rotatable bonds is 7. The van der Waals surface area contributed by atoms with Gasteiger partial charge in [-0.15, -0.1) is 12.4 Å². The summed E-state index contributed by atoms with van der Waals surface area (Å²) in [7, 11) is -3.30. The number of nitrogens with zero attached hydrogens (tertiary/aromatic N) is 2. The van der Waals surface area contributed by atoms with Crippen LogP contribution in [0.4, 0.5) is 4.39 Å². The van der Waals surface area contributed by atoms with E-state index in [1.54, 1.807) is 36.7 Å². The van der Waals surface area contributed by atoms with Crippen molar-refractivity contribution < 1.29 is 17.6 Å². The first-order valence-corrected chi connectivity index (χ1v) is 13.8. The molecule has 2 aromatic heterocycles. The molecule has 0 bridgehead atoms. The minimum Gasteiger partial charge on any atom is -0.360 e. The Kier molecular flexibility index (Phi) is 8.26. The molecule has 0 radical (unpaired) electrons. The highest BCUT2D eigenvalue weighted by Crippen LogP contribution is 2.39. The van der Waals surface area contributed by atoms with Crippen molar-refractivity contribution in [2.45, 2.75) is 11.3 Å². The van der Waals surface area contributed by atoms with Gasteiger partial charge in [-0.05, 0) is 71.7 Å². The summed E-state index contributed by atoms with van der Waals surface area (Å²) < 4.78 is 36.9. The highest BCUT2D eigenvalue weighted by molar-refractivity contribution is 7.90. The largest absolute Gasteiger partial charge is 0.360 e. The number of sulfone groups is 1. The smallest absolute Gasteiger partial charge is 0.176 e. The van der Waals surface area contributed by atoms with Crippen molar-refractivity contribution in [3.8, 4) is 22.4 Å². The number of Topliss-reactive ketones (excluding diaryl/α,β-unsaturated/α-hetero) is 1. The van der Waals surface area contributed by atoms with Gasteiger partial charge in [-0.3, -0.25) is 14.7 Å². The summed E-state index contributed by atoms with van der Waals surface area (Å²) in [6.07, 6.45) is 9.56. The van der Waals surface area contributed by atoms with Crippen LogP contribution in [0, 0.1) is 5.82 Å². The molecule has 1 aliphatic rings. The second-order valence-corrected chi connectivity index (χ2v) is 11.1. The van der Waals surface area contributed by atoms with Crippen LogP contribution < -0.4 is 0 Å². The molecule has 6 nitrogen and oxygen atoms in total. The number of ketones is 1. The van der Waals surface area contributed by atoms with Crippen LogP contribution in [-0.2, 0) is 9.84 Å². The molecule has 1 aliphatic heterocycles. The van der Waals surface area contributed by atoms with Gasteiger partial charge in [-0.25, -0.2) is 12.8 Å². The number of aromatic nitrogens is 2. The highest BCUT2D eigenvalue weighted by atomic mass is 35.5. The Labute approximate surface area is 227 Å². The summed E-state index contributed by atoms with van der Waals surface area (Å²) in [5.41, 5.74) is 6.61. The van der Waals surface area contributed by atoms with E-state index in [0.717, 1.165) is 40.6 Å². The fourth-order valence-corrected chi connectivity index (χ4v) is 5.25. The summed E-state index contributed by atoms with van der Waals surface area (Å²) in [4.78, 5) is 22.6. The first-order chi connectivity index (χ1) is 17.8. The van der Waals surface area contributed by atoms with Crippen molar-refractivity contribution in [3.05, 3.63) is 102 Å². The minimum atomic E-state index is -3.30. The van der Waals surface area contributed by atoms with Crippen molar-refractivity contribution >= 4 is 33.6 Å². The lowest BCUT2D eigenvalue weighted by Gasteiger charge is -2.26. The maximum Gasteiger partial charge on any atom is 0.176 e. The van der Waals surface area contributed by atoms with Crippen LogP contribution >= 0.6 is 12.4 Å². The lowest BCUT2D eigenvalue weighted by atomic mass is 9.92. The van der Waals surface area contributed by atoms with Crippen LogP contribution in [0.3, 0.4) is 0 Å². The predicted molar refractivity (Wildman–Crippen MR) is 150 cm³/mol. The number of carbonyl (C=O) groups is 1. The van der Waals surface area contributed by atoms with Gasteiger partial charge in [-0.2, -0.15) is 0 Å². The van der Waals surface area contributed by atoms with Crippen LogP contribution in [0.1, 0.15) is 22.3 Å². The van der Waals surface area contributed by atoms with Gasteiger partial charge in [-0.1, -0.05) is 18.2 Å². The lowest BCUT2D eigenvalue weighted by molar-refractivity contribution is 0.0937. The Morgan fingerprint density at radius 1 is 1.00 bits per heavy atom. The van der Waals surface area contributed by atoms with Crippen LogP contribution in [0.25, 0.3) is 28.0 Å². The fraction of sp³-hybridized carbons (Fsp3) is 0.172. The molecule has 0 atom stereocenters. The number of H-pyrrole nitrogens is 1. The number of nitrogens with one attached hydrogen (secondary N) is 1. The van der Waals surface area contributed by atoms with Crippen molar-refractivity contribution in [1.29, 1.82) is 0 Å². The number of benzene rings is 2. The zero-order valence-electron chi connectivity index (χ0n) is 20.7. The van der Waals surface area contributed by atoms with Gasteiger partial charge in [0.2, 0.25) is 0 Å². The molecular formula is C29H27ClFN3O3S. The van der Waals surface area contributed by atoms with Crippen molar-refractivity contribution in [2.24, 2.45) is 0 Å². The molecule has 0 unspecified atom stereocenters. The third-order valence-corrected chi connectivity index (χ3v) is 7.72. The zero-order chi connectivity index (χ0) is 26.0. The fourth-order valence-electron chi connectivity index (χ4n) is 4.62. The van der Waals surface area contributed by atoms with Gasteiger partial charge in [0.05, 0.1) is 17.1 Å². The average molecular weight is 552 g/mol. The zero-order valence-corrected chi connectivity index (χ0v) is 22.4. The molecule has 0 fully saturated rings. The summed E-state index contributed by atoms with van der Waals surface area (Å²) in [5, 5.41) is 0. The van der Waals surface area contributed by atoms with Crippen LogP contribution in [0.5, 0.6) is 0 Å². The van der Waals surface area contributed by atoms with Gasteiger partial charge in [0.15, 0.2) is 15.6 Å². The molecule has 3 heterocycles. The molecule has 196 valence electrons. The Morgan fingerprint density at radius 2 is 1.68 bits per heavy atom. The normalized spacial score (nSPS) is 14.0. The third-order valence-electron chi connectivity index (χ3n) is 6.59. The van der Waals surface area contributed by atoms with Gasteiger partial charge >= 0.3 is 0 Å². The Bertz CT molecular complexity index is 1570. The van der Waals surface area contributed by atoms with E-state index in [2.05, 4.69) is 20.9 Å². The molecule has 38 heavy (non-hydrogen) atoms. The Hall–Kier alpha value is -3.59. The SMILES string of the molecule is CS(=O)(=O)c1ccc(C(=O)CN2CC=C(c3c[nH]c(-c4ccc(F)cc4)c3-c3ccncc3)CC2)cc1.Cl. The molecule has 0 amide bonds. The van der Waals surface area contributed by atoms with Crippen molar-refractivity contribution in [2.75, 3.05) is 25.9 Å². The van der Waals surface area contributed by atoms with Gasteiger partial charge < -0.3 is 4.98 Å². The van der Waals surface area contributed by atoms with E-state index >= 15 is 0 Å². The Morgan fingerprint density at radius 3 is 2.29 bits per heavy atom. The summed E-state index contributed by atoms with van der Waals surface area (Å²) in [6, 6.07) is 16.5. The van der Waals surface area contributed by atoms with Gasteiger partial charge in [0, 0.05) is 54.6 Å². The number of hydrogen-bond acceptors (Lipinski definition) is 5. The second kappa shape index (κ2) is 11.4. The number of aromatic amines is 1. The molecule has 5 rings (SSSR count). The number of carbonyl (C=O) groups excluding carboxylic acids is 1. The molecule has 0 saturated carbocycles. The van der Waals surface area contributed by atoms with Crippen LogP contribution in [-0.4, -0.2) is 55.0 Å².